The molecule has 0 fully saturated rings. The maximum Gasteiger partial charge on any atom is 0.323 e. The molecule has 0 radical (unpaired) electrons. The molecule has 5 N–H and O–H groups in total. The molecule has 45 heavy (non-hydrogen) atoms. The van der Waals surface area contributed by atoms with Crippen molar-refractivity contribution in [3.8, 4) is 17.2 Å². The fraction of sp³-hybridized carbons (Fsp3) is 0.312. The number of amides is 4. The van der Waals surface area contributed by atoms with Crippen molar-refractivity contribution in [2.75, 3.05) is 24.0 Å². The summed E-state index contributed by atoms with van der Waals surface area (Å²) in [5.41, 5.74) is 1.61. The molecule has 0 saturated heterocycles. The van der Waals surface area contributed by atoms with E-state index in [1.54, 1.807) is 55.5 Å². The van der Waals surface area contributed by atoms with E-state index in [2.05, 4.69) is 21.3 Å². The number of benzene rings is 3. The Morgan fingerprint density at radius 1 is 0.956 bits per heavy atom. The minimum Gasteiger partial charge on any atom is -0.484 e. The number of halogens is 1. The predicted octanol–water partition coefficient (Wildman–Crippen LogP) is 4.75. The van der Waals surface area contributed by atoms with Gasteiger partial charge in [0.15, 0.2) is 18.1 Å². The van der Waals surface area contributed by atoms with Gasteiger partial charge in [0.2, 0.25) is 12.7 Å². The molecular formula is C32H35FN4O8. The Morgan fingerprint density at radius 2 is 1.69 bits per heavy atom. The lowest BCUT2D eigenvalue weighted by molar-refractivity contribution is -0.138. The summed E-state index contributed by atoms with van der Waals surface area (Å²) in [6.07, 6.45) is -0.0795. The molecule has 1 aliphatic rings. The monoisotopic (exact) mass is 622 g/mol. The van der Waals surface area contributed by atoms with Gasteiger partial charge in [0.05, 0.1) is 12.5 Å². The van der Waals surface area contributed by atoms with Crippen LogP contribution in [0.1, 0.15) is 43.9 Å². The average molecular weight is 623 g/mol. The third-order valence-electron chi connectivity index (χ3n) is 6.85. The fourth-order valence-electron chi connectivity index (χ4n) is 4.58. The zero-order valence-electron chi connectivity index (χ0n) is 25.0. The van der Waals surface area contributed by atoms with Crippen molar-refractivity contribution >= 4 is 35.2 Å². The van der Waals surface area contributed by atoms with Crippen LogP contribution in [0.15, 0.2) is 60.7 Å². The van der Waals surface area contributed by atoms with E-state index in [9.17, 15) is 28.7 Å². The van der Waals surface area contributed by atoms with E-state index < -0.39 is 48.3 Å². The largest absolute Gasteiger partial charge is 0.484 e. The highest BCUT2D eigenvalue weighted by Crippen LogP contribution is 2.35. The second kappa shape index (κ2) is 14.9. The molecule has 13 heteroatoms. The number of anilines is 2. The van der Waals surface area contributed by atoms with Crippen LogP contribution < -0.4 is 35.5 Å². The third kappa shape index (κ3) is 9.33. The Balaban J connectivity index is 1.31. The van der Waals surface area contributed by atoms with Gasteiger partial charge in [0, 0.05) is 16.9 Å². The van der Waals surface area contributed by atoms with E-state index >= 15 is 0 Å². The maximum atomic E-state index is 13.7. The molecule has 238 valence electrons. The second-order valence-electron chi connectivity index (χ2n) is 10.8. The highest BCUT2D eigenvalue weighted by molar-refractivity contribution is 6.00. The molecule has 4 rings (SSSR count). The van der Waals surface area contributed by atoms with Gasteiger partial charge in [0.1, 0.15) is 17.6 Å². The van der Waals surface area contributed by atoms with Crippen LogP contribution in [0, 0.1) is 18.7 Å². The van der Waals surface area contributed by atoms with Crippen molar-refractivity contribution in [2.45, 2.75) is 45.7 Å². The number of aliphatic carboxylic acids is 1. The molecule has 0 saturated carbocycles. The molecule has 0 spiro atoms. The van der Waals surface area contributed by atoms with E-state index in [0.29, 0.717) is 46.2 Å². The number of carbonyl (C=O) groups excluding carboxylic acids is 3. The van der Waals surface area contributed by atoms with Crippen molar-refractivity contribution < 1.29 is 42.9 Å². The molecule has 1 aliphatic heterocycles. The summed E-state index contributed by atoms with van der Waals surface area (Å²) in [4.78, 5) is 50.0. The van der Waals surface area contributed by atoms with Crippen molar-refractivity contribution in [3.05, 3.63) is 77.6 Å². The van der Waals surface area contributed by atoms with Crippen LogP contribution in [-0.2, 0) is 14.4 Å². The summed E-state index contributed by atoms with van der Waals surface area (Å²) in [6.45, 7) is 5.00. The summed E-state index contributed by atoms with van der Waals surface area (Å²) < 4.78 is 30.0. The van der Waals surface area contributed by atoms with Gasteiger partial charge >= 0.3 is 12.0 Å². The standard InChI is InChI=1S/C32H35FN4O8/c1-18(2)13-26(31(41)36-25(15-30(39)40)20-7-12-27-28(14-20)45-17-44-27)35-29(38)16-43-22-10-8-21(9-11-22)34-32(42)37-24-6-4-5-23(33)19(24)3/h4-12,14,18,25-26H,13,15-17H2,1-3H3,(H,35,38)(H,36,41)(H,39,40)(H2,34,37,42). The zero-order valence-corrected chi connectivity index (χ0v) is 25.0. The number of carboxylic acids is 1. The van der Waals surface area contributed by atoms with Crippen molar-refractivity contribution in [1.29, 1.82) is 0 Å². The lowest BCUT2D eigenvalue weighted by Crippen LogP contribution is -2.49. The number of hydrogen-bond donors (Lipinski definition) is 5. The van der Waals surface area contributed by atoms with Gasteiger partial charge in [-0.1, -0.05) is 26.0 Å². The number of urea groups is 1. The molecule has 12 nitrogen and oxygen atoms in total. The van der Waals surface area contributed by atoms with Crippen LogP contribution >= 0.6 is 0 Å². The number of carbonyl (C=O) groups is 4. The highest BCUT2D eigenvalue weighted by atomic mass is 19.1. The molecule has 3 aromatic carbocycles. The number of fused-ring (bicyclic) bond motifs is 1. The first-order chi connectivity index (χ1) is 21.5. The van der Waals surface area contributed by atoms with Crippen LogP contribution in [0.5, 0.6) is 17.2 Å². The molecule has 1 heterocycles. The zero-order chi connectivity index (χ0) is 32.5. The van der Waals surface area contributed by atoms with E-state index in [4.69, 9.17) is 14.2 Å². The Kier molecular flexibility index (Phi) is 10.8. The molecule has 0 aliphatic carbocycles. The van der Waals surface area contributed by atoms with E-state index in [0.717, 1.165) is 0 Å². The molecule has 3 aromatic rings. The first-order valence-electron chi connectivity index (χ1n) is 14.3. The number of ether oxygens (including phenoxy) is 3. The smallest absolute Gasteiger partial charge is 0.323 e. The van der Waals surface area contributed by atoms with Gasteiger partial charge in [-0.15, -0.1) is 0 Å². The number of nitrogens with one attached hydrogen (secondary N) is 4. The van der Waals surface area contributed by atoms with Crippen molar-refractivity contribution in [2.24, 2.45) is 5.92 Å². The van der Waals surface area contributed by atoms with Gasteiger partial charge in [-0.25, -0.2) is 9.18 Å². The number of hydrogen-bond acceptors (Lipinski definition) is 7. The first kappa shape index (κ1) is 32.6. The van der Waals surface area contributed by atoms with Crippen LogP contribution in [0.3, 0.4) is 0 Å². The van der Waals surface area contributed by atoms with Gasteiger partial charge in [-0.2, -0.15) is 0 Å². The summed E-state index contributed by atoms with van der Waals surface area (Å²) in [5.74, 6) is -1.29. The predicted molar refractivity (Wildman–Crippen MR) is 163 cm³/mol. The quantitative estimate of drug-likeness (QED) is 0.182. The van der Waals surface area contributed by atoms with E-state index in [-0.39, 0.29) is 19.1 Å². The fourth-order valence-corrected chi connectivity index (χ4v) is 4.58. The topological polar surface area (TPSA) is 164 Å². The van der Waals surface area contributed by atoms with Crippen molar-refractivity contribution in [1.82, 2.24) is 10.6 Å². The molecular weight excluding hydrogens is 587 g/mol. The lowest BCUT2D eigenvalue weighted by Gasteiger charge is -2.24. The van der Waals surface area contributed by atoms with Crippen LogP contribution in [0.2, 0.25) is 0 Å². The molecule has 2 unspecified atom stereocenters. The number of rotatable bonds is 13. The highest BCUT2D eigenvalue weighted by Gasteiger charge is 2.27. The second-order valence-corrected chi connectivity index (χ2v) is 10.8. The Labute approximate surface area is 259 Å². The lowest BCUT2D eigenvalue weighted by atomic mass is 10.00. The molecule has 4 amide bonds. The summed E-state index contributed by atoms with van der Waals surface area (Å²) in [7, 11) is 0. The maximum absolute atomic E-state index is 13.7. The van der Waals surface area contributed by atoms with Crippen LogP contribution in [0.25, 0.3) is 0 Å². The average Bonchev–Trinajstić information content (AvgIpc) is 3.46. The molecule has 0 bridgehead atoms. The minimum absolute atomic E-state index is 0.0347. The molecule has 0 aromatic heterocycles. The van der Waals surface area contributed by atoms with Gasteiger partial charge in [-0.05, 0) is 73.4 Å². The van der Waals surface area contributed by atoms with Crippen LogP contribution in [-0.4, -0.2) is 48.4 Å². The first-order valence-corrected chi connectivity index (χ1v) is 14.3. The normalized spacial score (nSPS) is 13.0. The van der Waals surface area contributed by atoms with Crippen molar-refractivity contribution in [3.63, 3.8) is 0 Å². The van der Waals surface area contributed by atoms with E-state index in [1.165, 1.54) is 12.1 Å². The SMILES string of the molecule is Cc1c(F)cccc1NC(=O)Nc1ccc(OCC(=O)NC(CC(C)C)C(=O)NC(CC(=O)O)c2ccc3c(c2)OCO3)cc1. The van der Waals surface area contributed by atoms with Crippen LogP contribution in [0.4, 0.5) is 20.6 Å². The van der Waals surface area contributed by atoms with E-state index in [1.807, 2.05) is 13.8 Å². The van der Waals surface area contributed by atoms with Gasteiger partial charge in [-0.3, -0.25) is 14.4 Å². The third-order valence-corrected chi connectivity index (χ3v) is 6.85. The minimum atomic E-state index is -1.11. The summed E-state index contributed by atoms with van der Waals surface area (Å²) >= 11 is 0. The molecule has 2 atom stereocenters. The van der Waals surface area contributed by atoms with Gasteiger partial charge < -0.3 is 40.6 Å². The summed E-state index contributed by atoms with van der Waals surface area (Å²) in [6, 6.07) is 13.2. The van der Waals surface area contributed by atoms with Gasteiger partial charge in [0.25, 0.3) is 5.91 Å². The number of carboxylic acid groups (broad SMARTS) is 1. The Morgan fingerprint density at radius 3 is 2.40 bits per heavy atom. The Bertz CT molecular complexity index is 1550. The summed E-state index contributed by atoms with van der Waals surface area (Å²) in [5, 5.41) is 20.1. The Hall–Kier alpha value is -5.33.